The number of nitrogens with two attached hydrogens (primary N) is 1. The standard InChI is InChI=1S/C16H27N5O/c1-4-20(5-2)16(22)13-7-6-8-21(11-13)15-9-14(10-17)18-12(3)19-15/h9,13H,4-8,10-11,17H2,1-3H3/t13-/m0/s1. The fraction of sp³-hybridized carbons (Fsp3) is 0.688. The van der Waals surface area contributed by atoms with Gasteiger partial charge in [0, 0.05) is 38.8 Å². The van der Waals surface area contributed by atoms with E-state index in [1.165, 1.54) is 0 Å². The summed E-state index contributed by atoms with van der Waals surface area (Å²) in [5.74, 6) is 1.95. The van der Waals surface area contributed by atoms with Gasteiger partial charge in [-0.2, -0.15) is 0 Å². The molecule has 1 atom stereocenters. The molecule has 6 heteroatoms. The van der Waals surface area contributed by atoms with Crippen LogP contribution in [0.25, 0.3) is 0 Å². The van der Waals surface area contributed by atoms with Crippen LogP contribution in [0.1, 0.15) is 38.2 Å². The molecule has 2 N–H and O–H groups in total. The van der Waals surface area contributed by atoms with Gasteiger partial charge in [0.1, 0.15) is 11.6 Å². The van der Waals surface area contributed by atoms with Gasteiger partial charge in [0.25, 0.3) is 0 Å². The predicted octanol–water partition coefficient (Wildman–Crippen LogP) is 1.33. The molecule has 1 aliphatic heterocycles. The lowest BCUT2D eigenvalue weighted by molar-refractivity contribution is -0.135. The van der Waals surface area contributed by atoms with Crippen LogP contribution in [0.4, 0.5) is 5.82 Å². The summed E-state index contributed by atoms with van der Waals surface area (Å²) in [5.41, 5.74) is 6.55. The number of anilines is 1. The molecule has 1 aromatic rings. The van der Waals surface area contributed by atoms with E-state index in [2.05, 4.69) is 14.9 Å². The van der Waals surface area contributed by atoms with Crippen molar-refractivity contribution in [3.8, 4) is 0 Å². The Balaban J connectivity index is 2.13. The second-order valence-electron chi connectivity index (χ2n) is 5.76. The summed E-state index contributed by atoms with van der Waals surface area (Å²) in [6.45, 7) is 9.56. The lowest BCUT2D eigenvalue weighted by atomic mass is 9.96. The first-order chi connectivity index (χ1) is 10.6. The fourth-order valence-corrected chi connectivity index (χ4v) is 3.06. The highest BCUT2D eigenvalue weighted by Gasteiger charge is 2.29. The van der Waals surface area contributed by atoms with Crippen molar-refractivity contribution in [3.05, 3.63) is 17.6 Å². The Morgan fingerprint density at radius 1 is 1.41 bits per heavy atom. The van der Waals surface area contributed by atoms with E-state index in [0.29, 0.717) is 6.54 Å². The second kappa shape index (κ2) is 7.54. The van der Waals surface area contributed by atoms with E-state index in [1.54, 1.807) is 0 Å². The normalized spacial score (nSPS) is 18.4. The maximum atomic E-state index is 12.6. The Hall–Kier alpha value is -1.69. The predicted molar refractivity (Wildman–Crippen MR) is 87.5 cm³/mol. The minimum Gasteiger partial charge on any atom is -0.356 e. The molecule has 1 aromatic heterocycles. The Kier molecular flexibility index (Phi) is 5.71. The number of aromatic nitrogens is 2. The molecular formula is C16H27N5O. The smallest absolute Gasteiger partial charge is 0.227 e. The Morgan fingerprint density at radius 3 is 2.77 bits per heavy atom. The highest BCUT2D eigenvalue weighted by atomic mass is 16.2. The summed E-state index contributed by atoms with van der Waals surface area (Å²) in [7, 11) is 0. The van der Waals surface area contributed by atoms with Crippen molar-refractivity contribution >= 4 is 11.7 Å². The van der Waals surface area contributed by atoms with Crippen molar-refractivity contribution in [2.24, 2.45) is 11.7 Å². The van der Waals surface area contributed by atoms with E-state index in [-0.39, 0.29) is 11.8 Å². The number of hydrogen-bond donors (Lipinski definition) is 1. The minimum atomic E-state index is 0.0604. The average molecular weight is 305 g/mol. The third kappa shape index (κ3) is 3.74. The highest BCUT2D eigenvalue weighted by Crippen LogP contribution is 2.23. The number of nitrogens with zero attached hydrogens (tertiary/aromatic N) is 4. The number of carbonyl (C=O) groups is 1. The van der Waals surface area contributed by atoms with Crippen LogP contribution in [-0.2, 0) is 11.3 Å². The van der Waals surface area contributed by atoms with Crippen molar-refractivity contribution in [1.82, 2.24) is 14.9 Å². The van der Waals surface area contributed by atoms with Crippen LogP contribution in [0.3, 0.4) is 0 Å². The molecule has 1 saturated heterocycles. The lowest BCUT2D eigenvalue weighted by Crippen LogP contribution is -2.45. The van der Waals surface area contributed by atoms with E-state index in [9.17, 15) is 4.79 Å². The quantitative estimate of drug-likeness (QED) is 0.888. The van der Waals surface area contributed by atoms with Crippen LogP contribution in [0.5, 0.6) is 0 Å². The molecule has 1 aliphatic rings. The third-order valence-electron chi connectivity index (χ3n) is 4.26. The van der Waals surface area contributed by atoms with Gasteiger partial charge in [-0.3, -0.25) is 4.79 Å². The maximum absolute atomic E-state index is 12.6. The molecule has 6 nitrogen and oxygen atoms in total. The first kappa shape index (κ1) is 16.7. The van der Waals surface area contributed by atoms with Crippen LogP contribution in [0, 0.1) is 12.8 Å². The van der Waals surface area contributed by atoms with Crippen molar-refractivity contribution in [2.45, 2.75) is 40.2 Å². The van der Waals surface area contributed by atoms with Crippen LogP contribution < -0.4 is 10.6 Å². The molecular weight excluding hydrogens is 278 g/mol. The molecule has 0 spiro atoms. The van der Waals surface area contributed by atoms with Crippen molar-refractivity contribution < 1.29 is 4.79 Å². The summed E-state index contributed by atoms with van der Waals surface area (Å²) in [5, 5.41) is 0. The molecule has 1 amide bonds. The molecule has 0 aromatic carbocycles. The minimum absolute atomic E-state index is 0.0604. The molecule has 2 rings (SSSR count). The van der Waals surface area contributed by atoms with Gasteiger partial charge in [0.2, 0.25) is 5.91 Å². The van der Waals surface area contributed by atoms with Gasteiger partial charge in [0.15, 0.2) is 0 Å². The molecule has 0 bridgehead atoms. The Labute approximate surface area is 132 Å². The molecule has 0 radical (unpaired) electrons. The summed E-state index contributed by atoms with van der Waals surface area (Å²) < 4.78 is 0. The van der Waals surface area contributed by atoms with E-state index in [4.69, 9.17) is 5.73 Å². The molecule has 2 heterocycles. The Morgan fingerprint density at radius 2 is 2.14 bits per heavy atom. The molecule has 0 aliphatic carbocycles. The monoisotopic (exact) mass is 305 g/mol. The van der Waals surface area contributed by atoms with Crippen molar-refractivity contribution in [2.75, 3.05) is 31.1 Å². The zero-order valence-electron chi connectivity index (χ0n) is 13.9. The van der Waals surface area contributed by atoms with Crippen LogP contribution in [0.15, 0.2) is 6.07 Å². The number of carbonyl (C=O) groups excluding carboxylic acids is 1. The van der Waals surface area contributed by atoms with E-state index in [1.807, 2.05) is 31.7 Å². The second-order valence-corrected chi connectivity index (χ2v) is 5.76. The van der Waals surface area contributed by atoms with Gasteiger partial charge in [-0.1, -0.05) is 0 Å². The van der Waals surface area contributed by atoms with Gasteiger partial charge >= 0.3 is 0 Å². The summed E-state index contributed by atoms with van der Waals surface area (Å²) in [6.07, 6.45) is 1.97. The molecule has 22 heavy (non-hydrogen) atoms. The molecule has 0 saturated carbocycles. The number of hydrogen-bond acceptors (Lipinski definition) is 5. The fourth-order valence-electron chi connectivity index (χ4n) is 3.06. The van der Waals surface area contributed by atoms with E-state index >= 15 is 0 Å². The first-order valence-electron chi connectivity index (χ1n) is 8.17. The van der Waals surface area contributed by atoms with Gasteiger partial charge in [-0.25, -0.2) is 9.97 Å². The summed E-state index contributed by atoms with van der Waals surface area (Å²) >= 11 is 0. The molecule has 0 unspecified atom stereocenters. The van der Waals surface area contributed by atoms with Gasteiger partial charge in [-0.05, 0) is 33.6 Å². The Bertz CT molecular complexity index is 515. The molecule has 122 valence electrons. The lowest BCUT2D eigenvalue weighted by Gasteiger charge is -2.35. The highest BCUT2D eigenvalue weighted by molar-refractivity contribution is 5.79. The topological polar surface area (TPSA) is 75.4 Å². The SMILES string of the molecule is CCN(CC)C(=O)[C@H]1CCCN(c2cc(CN)nc(C)n2)C1. The number of piperidine rings is 1. The average Bonchev–Trinajstić information content (AvgIpc) is 2.55. The zero-order valence-corrected chi connectivity index (χ0v) is 13.9. The van der Waals surface area contributed by atoms with E-state index in [0.717, 1.165) is 56.4 Å². The zero-order chi connectivity index (χ0) is 16.1. The van der Waals surface area contributed by atoms with Crippen LogP contribution in [-0.4, -0.2) is 47.0 Å². The number of rotatable bonds is 5. The third-order valence-corrected chi connectivity index (χ3v) is 4.26. The number of amides is 1. The van der Waals surface area contributed by atoms with Crippen LogP contribution in [0.2, 0.25) is 0 Å². The van der Waals surface area contributed by atoms with Gasteiger partial charge < -0.3 is 15.5 Å². The largest absolute Gasteiger partial charge is 0.356 e. The van der Waals surface area contributed by atoms with Gasteiger partial charge in [-0.15, -0.1) is 0 Å². The van der Waals surface area contributed by atoms with Crippen molar-refractivity contribution in [3.63, 3.8) is 0 Å². The van der Waals surface area contributed by atoms with Gasteiger partial charge in [0.05, 0.1) is 11.6 Å². The van der Waals surface area contributed by atoms with E-state index < -0.39 is 0 Å². The first-order valence-corrected chi connectivity index (χ1v) is 8.17. The summed E-state index contributed by atoms with van der Waals surface area (Å²) in [4.78, 5) is 25.5. The van der Waals surface area contributed by atoms with Crippen molar-refractivity contribution in [1.29, 1.82) is 0 Å². The maximum Gasteiger partial charge on any atom is 0.227 e. The number of aryl methyl sites for hydroxylation is 1. The molecule has 1 fully saturated rings. The summed E-state index contributed by atoms with van der Waals surface area (Å²) in [6, 6.07) is 1.94. The van der Waals surface area contributed by atoms with Crippen LogP contribution >= 0.6 is 0 Å².